The lowest BCUT2D eigenvalue weighted by Crippen LogP contribution is -2.38. The molecule has 0 aliphatic carbocycles. The fraction of sp³-hybridized carbons (Fsp3) is 0.417. The minimum Gasteiger partial charge on any atom is -0.484 e. The zero-order valence-electron chi connectivity index (χ0n) is 10.1. The van der Waals surface area contributed by atoms with Crippen LogP contribution in [0.25, 0.3) is 0 Å². The average Bonchev–Trinajstić information content (AvgIpc) is 2.68. The van der Waals surface area contributed by atoms with E-state index in [4.69, 9.17) is 4.74 Å². The number of halogens is 1. The topological polar surface area (TPSA) is 72.5 Å². The Labute approximate surface area is 120 Å². The van der Waals surface area contributed by atoms with Crippen LogP contribution in [0.4, 0.5) is 0 Å². The highest BCUT2D eigenvalue weighted by Crippen LogP contribution is 2.16. The smallest absolute Gasteiger partial charge is 0.258 e. The van der Waals surface area contributed by atoms with Crippen molar-refractivity contribution in [1.82, 2.24) is 5.32 Å². The Bertz CT molecular complexity index is 556. The first-order valence-electron chi connectivity index (χ1n) is 5.83. The number of carbonyl (C=O) groups excluding carboxylic acids is 1. The molecule has 0 aromatic heterocycles. The van der Waals surface area contributed by atoms with E-state index >= 15 is 0 Å². The third-order valence-corrected chi connectivity index (χ3v) is 5.08. The largest absolute Gasteiger partial charge is 0.484 e. The molecular weight excluding hydrogens is 334 g/mol. The molecule has 1 saturated heterocycles. The average molecular weight is 348 g/mol. The fourth-order valence-corrected chi connectivity index (χ4v) is 3.80. The van der Waals surface area contributed by atoms with Crippen molar-refractivity contribution >= 4 is 31.7 Å². The van der Waals surface area contributed by atoms with E-state index in [1.165, 1.54) is 0 Å². The summed E-state index contributed by atoms with van der Waals surface area (Å²) in [5.41, 5.74) is 0. The predicted octanol–water partition coefficient (Wildman–Crippen LogP) is 1.13. The van der Waals surface area contributed by atoms with E-state index in [1.807, 2.05) is 12.1 Å². The monoisotopic (exact) mass is 347 g/mol. The quantitative estimate of drug-likeness (QED) is 0.886. The summed E-state index contributed by atoms with van der Waals surface area (Å²) in [5, 5.41) is 2.66. The van der Waals surface area contributed by atoms with Crippen LogP contribution in [0.3, 0.4) is 0 Å². The second kappa shape index (κ2) is 5.92. The van der Waals surface area contributed by atoms with Gasteiger partial charge in [0.25, 0.3) is 5.91 Å². The van der Waals surface area contributed by atoms with Crippen molar-refractivity contribution in [2.75, 3.05) is 18.1 Å². The molecule has 0 unspecified atom stereocenters. The summed E-state index contributed by atoms with van der Waals surface area (Å²) >= 11 is 3.30. The predicted molar refractivity (Wildman–Crippen MR) is 74.8 cm³/mol. The van der Waals surface area contributed by atoms with Crippen molar-refractivity contribution in [3.05, 3.63) is 28.7 Å². The number of ether oxygens (including phenoxy) is 1. The minimum atomic E-state index is -2.97. The van der Waals surface area contributed by atoms with Crippen molar-refractivity contribution in [1.29, 1.82) is 0 Å². The first-order valence-corrected chi connectivity index (χ1v) is 8.44. The van der Waals surface area contributed by atoms with Gasteiger partial charge in [-0.15, -0.1) is 0 Å². The van der Waals surface area contributed by atoms with Crippen LogP contribution >= 0.6 is 15.9 Å². The second-order valence-corrected chi connectivity index (χ2v) is 7.55. The van der Waals surface area contributed by atoms with Gasteiger partial charge in [0.2, 0.25) is 0 Å². The van der Waals surface area contributed by atoms with E-state index in [0.717, 1.165) is 4.47 Å². The third kappa shape index (κ3) is 4.50. The van der Waals surface area contributed by atoms with Crippen LogP contribution in [0, 0.1) is 0 Å². The summed E-state index contributed by atoms with van der Waals surface area (Å²) in [6.07, 6.45) is 0.479. The maximum absolute atomic E-state index is 11.6. The first kappa shape index (κ1) is 14.3. The highest BCUT2D eigenvalue weighted by molar-refractivity contribution is 9.10. The van der Waals surface area contributed by atoms with Gasteiger partial charge in [0.05, 0.1) is 11.5 Å². The number of nitrogens with one attached hydrogen (secondary N) is 1. The molecular formula is C12H14BrNO4S. The van der Waals surface area contributed by atoms with Crippen LogP contribution in [0.2, 0.25) is 0 Å². The van der Waals surface area contributed by atoms with Crippen molar-refractivity contribution in [3.8, 4) is 5.75 Å². The molecule has 0 saturated carbocycles. The molecule has 1 aromatic carbocycles. The van der Waals surface area contributed by atoms with Crippen LogP contribution < -0.4 is 10.1 Å². The molecule has 1 fully saturated rings. The van der Waals surface area contributed by atoms with E-state index < -0.39 is 9.84 Å². The van der Waals surface area contributed by atoms with E-state index in [2.05, 4.69) is 21.2 Å². The van der Waals surface area contributed by atoms with Crippen molar-refractivity contribution in [3.63, 3.8) is 0 Å². The molecule has 104 valence electrons. The Morgan fingerprint density at radius 3 is 2.63 bits per heavy atom. The number of hydrogen-bond acceptors (Lipinski definition) is 4. The molecule has 1 heterocycles. The molecule has 5 nitrogen and oxygen atoms in total. The van der Waals surface area contributed by atoms with E-state index in [-0.39, 0.29) is 30.1 Å². The molecule has 0 radical (unpaired) electrons. The van der Waals surface area contributed by atoms with E-state index in [1.54, 1.807) is 12.1 Å². The molecule has 1 aromatic rings. The Morgan fingerprint density at radius 2 is 2.05 bits per heavy atom. The highest BCUT2D eigenvalue weighted by Gasteiger charge is 2.28. The summed E-state index contributed by atoms with van der Waals surface area (Å²) in [6, 6.07) is 6.84. The van der Waals surface area contributed by atoms with Gasteiger partial charge >= 0.3 is 0 Å². The van der Waals surface area contributed by atoms with Crippen molar-refractivity contribution < 1.29 is 17.9 Å². The SMILES string of the molecule is O=C(COc1ccc(Br)cc1)N[C@@H]1CCS(=O)(=O)C1. The van der Waals surface area contributed by atoms with E-state index in [9.17, 15) is 13.2 Å². The van der Waals surface area contributed by atoms with Gasteiger partial charge in [-0.05, 0) is 30.7 Å². The number of hydrogen-bond donors (Lipinski definition) is 1. The normalized spacial score (nSPS) is 21.0. The van der Waals surface area contributed by atoms with Gasteiger partial charge in [-0.1, -0.05) is 15.9 Å². The van der Waals surface area contributed by atoms with Gasteiger partial charge in [-0.3, -0.25) is 4.79 Å². The standard InChI is InChI=1S/C12H14BrNO4S/c13-9-1-3-11(4-2-9)18-7-12(15)14-10-5-6-19(16,17)8-10/h1-4,10H,5-8H2,(H,14,15)/t10-/m1/s1. The molecule has 0 spiro atoms. The van der Waals surface area contributed by atoms with Crippen LogP contribution in [0.15, 0.2) is 28.7 Å². The molecule has 7 heteroatoms. The van der Waals surface area contributed by atoms with Gasteiger partial charge in [-0.25, -0.2) is 8.42 Å². The second-order valence-electron chi connectivity index (χ2n) is 4.41. The maximum atomic E-state index is 11.6. The Morgan fingerprint density at radius 1 is 1.37 bits per heavy atom. The van der Waals surface area contributed by atoms with Crippen LogP contribution in [-0.4, -0.2) is 38.5 Å². The fourth-order valence-electron chi connectivity index (χ4n) is 1.86. The molecule has 1 amide bonds. The summed E-state index contributed by atoms with van der Waals surface area (Å²) in [5.74, 6) is 0.463. The Balaban J connectivity index is 1.77. The summed E-state index contributed by atoms with van der Waals surface area (Å²) in [4.78, 5) is 11.6. The lowest BCUT2D eigenvalue weighted by atomic mass is 10.2. The number of benzene rings is 1. The van der Waals surface area contributed by atoms with Gasteiger partial charge in [0.1, 0.15) is 5.75 Å². The van der Waals surface area contributed by atoms with Gasteiger partial charge in [0, 0.05) is 10.5 Å². The number of rotatable bonds is 4. The maximum Gasteiger partial charge on any atom is 0.258 e. The molecule has 1 aliphatic rings. The number of sulfone groups is 1. The summed E-state index contributed by atoms with van der Waals surface area (Å²) < 4.78 is 28.7. The van der Waals surface area contributed by atoms with Crippen LogP contribution in [-0.2, 0) is 14.6 Å². The van der Waals surface area contributed by atoms with Crippen LogP contribution in [0.5, 0.6) is 5.75 Å². The number of amides is 1. The molecule has 19 heavy (non-hydrogen) atoms. The first-order chi connectivity index (χ1) is 8.94. The van der Waals surface area contributed by atoms with Crippen LogP contribution in [0.1, 0.15) is 6.42 Å². The molecule has 1 atom stereocenters. The molecule has 2 rings (SSSR count). The van der Waals surface area contributed by atoms with Crippen molar-refractivity contribution in [2.45, 2.75) is 12.5 Å². The lowest BCUT2D eigenvalue weighted by molar-refractivity contribution is -0.123. The minimum absolute atomic E-state index is 0.0248. The number of carbonyl (C=O) groups is 1. The van der Waals surface area contributed by atoms with Gasteiger partial charge in [0.15, 0.2) is 16.4 Å². The van der Waals surface area contributed by atoms with Gasteiger partial charge in [-0.2, -0.15) is 0 Å². The van der Waals surface area contributed by atoms with E-state index in [0.29, 0.717) is 12.2 Å². The lowest BCUT2D eigenvalue weighted by Gasteiger charge is -2.11. The zero-order chi connectivity index (χ0) is 13.9. The zero-order valence-corrected chi connectivity index (χ0v) is 12.5. The molecule has 0 bridgehead atoms. The van der Waals surface area contributed by atoms with Crippen molar-refractivity contribution in [2.24, 2.45) is 0 Å². The Hall–Kier alpha value is -1.08. The molecule has 1 aliphatic heterocycles. The molecule has 1 N–H and O–H groups in total. The third-order valence-electron chi connectivity index (χ3n) is 2.78. The Kier molecular flexibility index (Phi) is 4.46. The van der Waals surface area contributed by atoms with Gasteiger partial charge < -0.3 is 10.1 Å². The highest BCUT2D eigenvalue weighted by atomic mass is 79.9. The summed E-state index contributed by atoms with van der Waals surface area (Å²) in [7, 11) is -2.97. The summed E-state index contributed by atoms with van der Waals surface area (Å²) in [6.45, 7) is -0.113.